The first-order chi connectivity index (χ1) is 4.88. The summed E-state index contributed by atoms with van der Waals surface area (Å²) in [5.74, 6) is 0. The van der Waals surface area contributed by atoms with Gasteiger partial charge in [0.15, 0.2) is 10.8 Å². The Hall–Kier alpha value is -1.23. The molecule has 0 unspecified atom stereocenters. The van der Waals surface area contributed by atoms with Crippen LogP contribution in [-0.2, 0) is 0 Å². The highest BCUT2D eigenvalue weighted by Gasteiger charge is 1.97. The third-order valence-corrected chi connectivity index (χ3v) is 1.32. The molecule has 0 radical (unpaired) electrons. The number of aromatic nitrogens is 5. The molecule has 0 bridgehead atoms. The summed E-state index contributed by atoms with van der Waals surface area (Å²) >= 11 is 5.60. The maximum absolute atomic E-state index is 5.60. The number of rotatable bonds is 0. The summed E-state index contributed by atoms with van der Waals surface area (Å²) in [6, 6.07) is 0. The van der Waals surface area contributed by atoms with Gasteiger partial charge in [0.1, 0.15) is 11.8 Å². The van der Waals surface area contributed by atoms with Crippen molar-refractivity contribution in [3.05, 3.63) is 11.5 Å². The van der Waals surface area contributed by atoms with Gasteiger partial charge in [-0.2, -0.15) is 0 Å². The van der Waals surface area contributed by atoms with Crippen LogP contribution in [-0.4, -0.2) is 20.2 Å². The predicted molar refractivity (Wildman–Crippen MR) is 33.5 cm³/mol. The van der Waals surface area contributed by atoms with Crippen LogP contribution in [0.3, 0.4) is 0 Å². The van der Waals surface area contributed by atoms with E-state index in [1.54, 1.807) is 0 Å². The topological polar surface area (TPSA) is 65.7 Å². The zero-order chi connectivity index (χ0) is 6.97. The highest BCUT2D eigenvalue weighted by atomic mass is 35.5. The lowest BCUT2D eigenvalue weighted by Gasteiger charge is -1.87. The Labute approximate surface area is 60.4 Å². The zero-order valence-electron chi connectivity index (χ0n) is 4.69. The van der Waals surface area contributed by atoms with Crippen LogP contribution in [0.1, 0.15) is 0 Å². The van der Waals surface area contributed by atoms with Crippen molar-refractivity contribution in [2.24, 2.45) is 0 Å². The molecule has 0 fully saturated rings. The minimum atomic E-state index is 0.287. The van der Waals surface area contributed by atoms with Crippen molar-refractivity contribution < 1.29 is 0 Å². The van der Waals surface area contributed by atoms with Crippen molar-refractivity contribution in [2.75, 3.05) is 0 Å². The van der Waals surface area contributed by atoms with Crippen LogP contribution in [0, 0.1) is 0 Å². The first kappa shape index (κ1) is 5.55. The second-order valence-corrected chi connectivity index (χ2v) is 1.98. The minimum absolute atomic E-state index is 0.287. The van der Waals surface area contributed by atoms with Gasteiger partial charge in [0.05, 0.1) is 0 Å². The molecule has 0 N–H and O–H groups in total. The summed E-state index contributed by atoms with van der Waals surface area (Å²) in [5, 5.41) is 10.8. The lowest BCUT2D eigenvalue weighted by molar-refractivity contribution is 0.924. The summed E-state index contributed by atoms with van der Waals surface area (Å²) in [7, 11) is 0. The third kappa shape index (κ3) is 0.640. The first-order valence-electron chi connectivity index (χ1n) is 2.50. The summed E-state index contributed by atoms with van der Waals surface area (Å²) in [6.07, 6.45) is 1.32. The highest BCUT2D eigenvalue weighted by molar-refractivity contribution is 6.33. The van der Waals surface area contributed by atoms with E-state index < -0.39 is 0 Å². The molecule has 5 nitrogen and oxygen atoms in total. The quantitative estimate of drug-likeness (QED) is 0.501. The molecule has 0 atom stereocenters. The minimum Gasteiger partial charge on any atom is -0.491 e. The summed E-state index contributed by atoms with van der Waals surface area (Å²) in [6.45, 7) is 0. The molecule has 2 rings (SSSR count). The number of nitrogens with zero attached hydrogens (tertiary/aromatic N) is 5. The molecule has 50 valence electrons. The molecule has 0 saturated heterocycles. The van der Waals surface area contributed by atoms with Crippen molar-refractivity contribution in [3.63, 3.8) is 0 Å². The van der Waals surface area contributed by atoms with E-state index in [0.29, 0.717) is 11.2 Å². The van der Waals surface area contributed by atoms with E-state index in [-0.39, 0.29) is 5.15 Å². The fourth-order valence-corrected chi connectivity index (χ4v) is 0.783. The van der Waals surface area contributed by atoms with Gasteiger partial charge in [0.25, 0.3) is 0 Å². The van der Waals surface area contributed by atoms with Crippen molar-refractivity contribution >= 4 is 22.8 Å². The molecule has 0 aliphatic rings. The number of hydrogen-bond donors (Lipinski definition) is 0. The van der Waals surface area contributed by atoms with Crippen LogP contribution in [0.4, 0.5) is 0 Å². The van der Waals surface area contributed by atoms with Gasteiger partial charge in [-0.1, -0.05) is 11.6 Å². The standard InChI is InChI=1S/C4HClN5/c5-3-2-4(7-1-6-3)9-10-8-2/h1H/q-1. The molecule has 2 heterocycles. The molecule has 0 saturated carbocycles. The van der Waals surface area contributed by atoms with Gasteiger partial charge in [-0.3, -0.25) is 0 Å². The number of halogens is 1. The summed E-state index contributed by atoms with van der Waals surface area (Å²) in [4.78, 5) is 7.46. The van der Waals surface area contributed by atoms with Crippen LogP contribution in [0.25, 0.3) is 11.2 Å². The van der Waals surface area contributed by atoms with Crippen molar-refractivity contribution in [1.82, 2.24) is 25.4 Å². The maximum Gasteiger partial charge on any atom is 0.163 e. The van der Waals surface area contributed by atoms with Gasteiger partial charge in [-0.15, -0.1) is 0 Å². The van der Waals surface area contributed by atoms with E-state index >= 15 is 0 Å². The Morgan fingerprint density at radius 2 is 2.20 bits per heavy atom. The molecular weight excluding hydrogens is 154 g/mol. The molecular formula is C4HClN5-. The molecule has 2 aromatic heterocycles. The molecule has 0 amide bonds. The Balaban J connectivity index is 2.95. The lowest BCUT2D eigenvalue weighted by Crippen LogP contribution is -1.80. The van der Waals surface area contributed by atoms with Gasteiger partial charge in [0, 0.05) is 0 Å². The van der Waals surface area contributed by atoms with Gasteiger partial charge >= 0.3 is 0 Å². The normalized spacial score (nSPS) is 10.5. The van der Waals surface area contributed by atoms with Crippen molar-refractivity contribution in [1.29, 1.82) is 0 Å². The van der Waals surface area contributed by atoms with Gasteiger partial charge < -0.3 is 15.4 Å². The largest absolute Gasteiger partial charge is 0.491 e. The summed E-state index contributed by atoms with van der Waals surface area (Å²) in [5.41, 5.74) is 0.879. The van der Waals surface area contributed by atoms with Crippen molar-refractivity contribution in [3.8, 4) is 0 Å². The summed E-state index contributed by atoms with van der Waals surface area (Å²) < 4.78 is 0. The third-order valence-electron chi connectivity index (χ3n) is 1.04. The first-order valence-corrected chi connectivity index (χ1v) is 2.88. The zero-order valence-corrected chi connectivity index (χ0v) is 5.45. The predicted octanol–water partition coefficient (Wildman–Crippen LogP) is 0.0304. The number of hydrogen-bond acceptors (Lipinski definition) is 4. The van der Waals surface area contributed by atoms with Crippen LogP contribution >= 0.6 is 11.6 Å². The Morgan fingerprint density at radius 1 is 1.30 bits per heavy atom. The molecule has 0 spiro atoms. The van der Waals surface area contributed by atoms with E-state index in [1.165, 1.54) is 6.33 Å². The molecule has 0 aliphatic heterocycles. The second-order valence-electron chi connectivity index (χ2n) is 1.63. The van der Waals surface area contributed by atoms with E-state index in [2.05, 4.69) is 25.4 Å². The van der Waals surface area contributed by atoms with Crippen molar-refractivity contribution in [2.45, 2.75) is 0 Å². The van der Waals surface area contributed by atoms with Gasteiger partial charge in [-0.25, -0.2) is 9.97 Å². The fourth-order valence-electron chi connectivity index (χ4n) is 0.617. The SMILES string of the molecule is Clc1ncnc2n[n-]nc12. The molecule has 6 heteroatoms. The smallest absolute Gasteiger partial charge is 0.163 e. The van der Waals surface area contributed by atoms with Crippen LogP contribution in [0.5, 0.6) is 0 Å². The van der Waals surface area contributed by atoms with Crippen LogP contribution in [0.2, 0.25) is 5.15 Å². The lowest BCUT2D eigenvalue weighted by atomic mass is 10.6. The number of fused-ring (bicyclic) bond motifs is 1. The van der Waals surface area contributed by atoms with E-state index in [1.807, 2.05) is 0 Å². The molecule has 0 aromatic carbocycles. The van der Waals surface area contributed by atoms with Gasteiger partial charge in [-0.05, 0) is 0 Å². The van der Waals surface area contributed by atoms with E-state index in [0.717, 1.165) is 0 Å². The molecule has 0 aliphatic carbocycles. The average Bonchev–Trinajstić information content (AvgIpc) is 2.36. The van der Waals surface area contributed by atoms with E-state index in [9.17, 15) is 0 Å². The monoisotopic (exact) mass is 154 g/mol. The molecule has 2 aromatic rings. The maximum atomic E-state index is 5.60. The van der Waals surface area contributed by atoms with Gasteiger partial charge in [0.2, 0.25) is 0 Å². The van der Waals surface area contributed by atoms with E-state index in [4.69, 9.17) is 11.6 Å². The van der Waals surface area contributed by atoms with Crippen LogP contribution < -0.4 is 5.21 Å². The Morgan fingerprint density at radius 3 is 3.00 bits per heavy atom. The Bertz CT molecular complexity index is 355. The van der Waals surface area contributed by atoms with Crippen LogP contribution in [0.15, 0.2) is 6.33 Å². The Kier molecular flexibility index (Phi) is 1.04. The average molecular weight is 155 g/mol. The highest BCUT2D eigenvalue weighted by Crippen LogP contribution is 2.11. The second kappa shape index (κ2) is 1.88. The molecule has 10 heavy (non-hydrogen) atoms. The fraction of sp³-hybridized carbons (Fsp3) is 0.